The molecule has 1 amide bonds. The number of nitrogens with zero attached hydrogens (tertiary/aromatic N) is 3. The number of rotatable bonds is 7. The number of hydrogen-bond donors (Lipinski definition) is 2. The Morgan fingerprint density at radius 1 is 1.39 bits per heavy atom. The summed E-state index contributed by atoms with van der Waals surface area (Å²) < 4.78 is 1.24. The zero-order valence-corrected chi connectivity index (χ0v) is 13.5. The minimum absolute atomic E-state index is 0.297. The predicted molar refractivity (Wildman–Crippen MR) is 87.9 cm³/mol. The molecular formula is C16H22N4O3. The van der Waals surface area contributed by atoms with Crippen molar-refractivity contribution >= 4 is 11.6 Å². The van der Waals surface area contributed by atoms with Gasteiger partial charge in [-0.15, -0.1) is 0 Å². The molecule has 2 heterocycles. The molecule has 23 heavy (non-hydrogen) atoms. The van der Waals surface area contributed by atoms with E-state index < -0.39 is 17.3 Å². The summed E-state index contributed by atoms with van der Waals surface area (Å²) >= 11 is 0. The van der Waals surface area contributed by atoms with Crippen molar-refractivity contribution in [2.45, 2.75) is 19.8 Å². The summed E-state index contributed by atoms with van der Waals surface area (Å²) in [5.74, 6) is -1.15. The molecule has 2 rings (SSSR count). The lowest BCUT2D eigenvalue weighted by atomic mass is 10.2. The largest absolute Gasteiger partial charge is 0.493 e. The lowest BCUT2D eigenvalue weighted by Crippen LogP contribution is -2.36. The van der Waals surface area contributed by atoms with Crippen molar-refractivity contribution < 1.29 is 9.90 Å². The highest BCUT2D eigenvalue weighted by atomic mass is 16.3. The second-order valence-electron chi connectivity index (χ2n) is 5.46. The van der Waals surface area contributed by atoms with Crippen LogP contribution >= 0.6 is 0 Å². The van der Waals surface area contributed by atoms with Gasteiger partial charge in [0.1, 0.15) is 5.65 Å². The first-order valence-corrected chi connectivity index (χ1v) is 7.71. The third-order valence-electron chi connectivity index (χ3n) is 3.61. The maximum Gasteiger partial charge on any atom is 0.274 e. The minimum atomic E-state index is -0.609. The van der Waals surface area contributed by atoms with Crippen molar-refractivity contribution in [1.29, 1.82) is 0 Å². The molecule has 0 unspecified atom stereocenters. The molecule has 0 aliphatic carbocycles. The Morgan fingerprint density at radius 2 is 2.17 bits per heavy atom. The van der Waals surface area contributed by atoms with E-state index in [1.807, 2.05) is 7.05 Å². The third-order valence-corrected chi connectivity index (χ3v) is 3.61. The molecule has 0 aliphatic heterocycles. The van der Waals surface area contributed by atoms with Crippen LogP contribution in [0.25, 0.3) is 5.65 Å². The molecule has 0 aliphatic rings. The average Bonchev–Trinajstić information content (AvgIpc) is 2.53. The minimum Gasteiger partial charge on any atom is -0.493 e. The Kier molecular flexibility index (Phi) is 5.70. The molecule has 2 aromatic heterocycles. The summed E-state index contributed by atoms with van der Waals surface area (Å²) in [5, 5.41) is 12.5. The van der Waals surface area contributed by atoms with Crippen molar-refractivity contribution in [3.8, 4) is 5.88 Å². The van der Waals surface area contributed by atoms with E-state index in [1.54, 1.807) is 18.2 Å². The molecule has 0 atom stereocenters. The first-order valence-electron chi connectivity index (χ1n) is 7.71. The van der Waals surface area contributed by atoms with Gasteiger partial charge in [0.25, 0.3) is 11.5 Å². The number of fused-ring (bicyclic) bond motifs is 1. The van der Waals surface area contributed by atoms with Crippen LogP contribution in [-0.2, 0) is 0 Å². The quantitative estimate of drug-likeness (QED) is 0.791. The number of hydrogen-bond acceptors (Lipinski definition) is 5. The van der Waals surface area contributed by atoms with Gasteiger partial charge in [-0.1, -0.05) is 19.4 Å². The van der Waals surface area contributed by atoms with Crippen molar-refractivity contribution in [3.63, 3.8) is 0 Å². The first kappa shape index (κ1) is 17.0. The molecule has 7 heteroatoms. The van der Waals surface area contributed by atoms with E-state index in [9.17, 15) is 14.7 Å². The number of amides is 1. The number of aromatic nitrogens is 2. The second kappa shape index (κ2) is 7.73. The summed E-state index contributed by atoms with van der Waals surface area (Å²) in [6.45, 7) is 4.15. The van der Waals surface area contributed by atoms with Crippen molar-refractivity contribution in [2.75, 3.05) is 26.7 Å². The zero-order valence-electron chi connectivity index (χ0n) is 13.5. The summed E-state index contributed by atoms with van der Waals surface area (Å²) in [6.07, 6.45) is 3.73. The van der Waals surface area contributed by atoms with Crippen LogP contribution in [0.3, 0.4) is 0 Å². The number of aromatic hydroxyl groups is 1. The Bertz CT molecular complexity index is 742. The van der Waals surface area contributed by atoms with Gasteiger partial charge in [0.05, 0.1) is 0 Å². The van der Waals surface area contributed by atoms with Crippen molar-refractivity contribution in [2.24, 2.45) is 0 Å². The molecule has 7 nitrogen and oxygen atoms in total. The van der Waals surface area contributed by atoms with E-state index in [4.69, 9.17) is 0 Å². The van der Waals surface area contributed by atoms with Gasteiger partial charge in [-0.2, -0.15) is 4.98 Å². The highest BCUT2D eigenvalue weighted by Gasteiger charge is 2.19. The molecule has 2 aromatic rings. The third kappa shape index (κ3) is 4.07. The molecule has 0 bridgehead atoms. The van der Waals surface area contributed by atoms with E-state index >= 15 is 0 Å². The Labute approximate surface area is 134 Å². The maximum atomic E-state index is 12.3. The monoisotopic (exact) mass is 318 g/mol. The second-order valence-corrected chi connectivity index (χ2v) is 5.46. The fraction of sp³-hybridized carbons (Fsp3) is 0.438. The highest BCUT2D eigenvalue weighted by molar-refractivity contribution is 5.96. The van der Waals surface area contributed by atoms with Crippen LogP contribution < -0.4 is 10.9 Å². The molecule has 0 aromatic carbocycles. The van der Waals surface area contributed by atoms with Crippen LogP contribution in [0.4, 0.5) is 0 Å². The summed E-state index contributed by atoms with van der Waals surface area (Å²) in [5.41, 5.74) is -0.610. The smallest absolute Gasteiger partial charge is 0.274 e. The Hall–Kier alpha value is -2.41. The Balaban J connectivity index is 2.08. The zero-order chi connectivity index (χ0) is 16.8. The van der Waals surface area contributed by atoms with Crippen LogP contribution in [0, 0.1) is 0 Å². The van der Waals surface area contributed by atoms with Crippen LogP contribution in [0.5, 0.6) is 5.88 Å². The standard InChI is InChI=1S/C16H22N4O3/c1-3-4-9-19(2)11-8-17-14(21)13-15(22)18-12-7-5-6-10-20(12)16(13)23/h5-7,10,22H,3-4,8-9,11H2,1-2H3,(H,17,21). The van der Waals surface area contributed by atoms with E-state index in [0.29, 0.717) is 18.7 Å². The number of nitrogens with one attached hydrogen (secondary N) is 1. The van der Waals surface area contributed by atoms with E-state index in [2.05, 4.69) is 22.1 Å². The maximum absolute atomic E-state index is 12.3. The van der Waals surface area contributed by atoms with Gasteiger partial charge in [-0.3, -0.25) is 14.0 Å². The van der Waals surface area contributed by atoms with Gasteiger partial charge >= 0.3 is 0 Å². The van der Waals surface area contributed by atoms with E-state index in [-0.39, 0.29) is 5.56 Å². The Morgan fingerprint density at radius 3 is 2.91 bits per heavy atom. The summed E-state index contributed by atoms with van der Waals surface area (Å²) in [4.78, 5) is 30.5. The van der Waals surface area contributed by atoms with Gasteiger partial charge in [-0.25, -0.2) is 0 Å². The molecule has 0 saturated carbocycles. The number of carbonyl (C=O) groups excluding carboxylic acids is 1. The first-order chi connectivity index (χ1) is 11.0. The van der Waals surface area contributed by atoms with E-state index in [1.165, 1.54) is 10.6 Å². The number of pyridine rings is 1. The predicted octanol–water partition coefficient (Wildman–Crippen LogP) is 0.862. The lowest BCUT2D eigenvalue weighted by Gasteiger charge is -2.16. The van der Waals surface area contributed by atoms with Crippen LogP contribution in [0.2, 0.25) is 0 Å². The van der Waals surface area contributed by atoms with Gasteiger partial charge in [-0.05, 0) is 32.1 Å². The average molecular weight is 318 g/mol. The molecule has 2 N–H and O–H groups in total. The molecule has 0 radical (unpaired) electrons. The fourth-order valence-corrected chi connectivity index (χ4v) is 2.26. The molecule has 0 saturated heterocycles. The lowest BCUT2D eigenvalue weighted by molar-refractivity contribution is 0.0944. The van der Waals surface area contributed by atoms with E-state index in [0.717, 1.165) is 19.4 Å². The van der Waals surface area contributed by atoms with Gasteiger partial charge in [0, 0.05) is 19.3 Å². The van der Waals surface area contributed by atoms with Crippen LogP contribution in [0.1, 0.15) is 30.1 Å². The number of carbonyl (C=O) groups is 1. The van der Waals surface area contributed by atoms with Gasteiger partial charge in [0.15, 0.2) is 5.56 Å². The molecule has 124 valence electrons. The molecule has 0 spiro atoms. The van der Waals surface area contributed by atoms with Crippen molar-refractivity contribution in [3.05, 3.63) is 40.3 Å². The molecule has 0 fully saturated rings. The fourth-order valence-electron chi connectivity index (χ4n) is 2.26. The highest BCUT2D eigenvalue weighted by Crippen LogP contribution is 2.10. The van der Waals surface area contributed by atoms with Gasteiger partial charge < -0.3 is 15.3 Å². The van der Waals surface area contributed by atoms with Crippen molar-refractivity contribution in [1.82, 2.24) is 19.6 Å². The normalized spacial score (nSPS) is 11.1. The van der Waals surface area contributed by atoms with Crippen LogP contribution in [0.15, 0.2) is 29.2 Å². The summed E-state index contributed by atoms with van der Waals surface area (Å²) in [7, 11) is 1.98. The topological polar surface area (TPSA) is 86.9 Å². The molecular weight excluding hydrogens is 296 g/mol. The van der Waals surface area contributed by atoms with Crippen LogP contribution in [-0.4, -0.2) is 52.0 Å². The van der Waals surface area contributed by atoms with Gasteiger partial charge in [0.2, 0.25) is 5.88 Å². The number of unbranched alkanes of at least 4 members (excludes halogenated alkanes) is 1. The SMILES string of the molecule is CCCCN(C)CCNC(=O)c1c(O)nc2ccccn2c1=O. The summed E-state index contributed by atoms with van der Waals surface area (Å²) in [6, 6.07) is 4.95. The number of likely N-dealkylation sites (N-methyl/N-ethyl adjacent to an activating group) is 1.